The van der Waals surface area contributed by atoms with Crippen molar-refractivity contribution in [3.05, 3.63) is 12.3 Å². The lowest BCUT2D eigenvalue weighted by molar-refractivity contribution is -0.151. The molecule has 17 heteroatoms. The summed E-state index contributed by atoms with van der Waals surface area (Å²) in [6, 6.07) is 0. The highest BCUT2D eigenvalue weighted by Gasteiger charge is 2.72. The summed E-state index contributed by atoms with van der Waals surface area (Å²) in [6.07, 6.45) is 31.2. The smallest absolute Gasteiger partial charge is 0.312 e. The molecule has 41 atom stereocenters. The second-order valence-electron chi connectivity index (χ2n) is 43.8. The predicted molar refractivity (Wildman–Crippen MR) is 410 cm³/mol. The number of allylic oxidation sites excluding steroid dienone is 1. The molecule has 26 aliphatic rings. The van der Waals surface area contributed by atoms with Crippen molar-refractivity contribution < 1.29 is 80.9 Å². The third-order valence-corrected chi connectivity index (χ3v) is 39.4. The van der Waals surface area contributed by atoms with Crippen molar-refractivity contribution >= 4 is 41.8 Å². The van der Waals surface area contributed by atoms with Gasteiger partial charge in [-0.15, -0.1) is 0 Å². The lowest BCUT2D eigenvalue weighted by Gasteiger charge is -2.44. The van der Waals surface area contributed by atoms with Crippen LogP contribution in [0.25, 0.3) is 0 Å². The Kier molecular flexibility index (Phi) is 19.7. The number of cyclic esters (lactones) is 7. The molecule has 5 spiro atoms. The molecule has 8 aliphatic heterocycles. The lowest BCUT2D eigenvalue weighted by atomic mass is 9.59. The molecule has 111 heavy (non-hydrogen) atoms. The average Bonchev–Trinajstić information content (AvgIpc) is 1.51. The summed E-state index contributed by atoms with van der Waals surface area (Å²) >= 11 is 0. The molecule has 18 aliphatic carbocycles. The summed E-state index contributed by atoms with van der Waals surface area (Å²) in [5.41, 5.74) is 0.503. The third kappa shape index (κ3) is 12.0. The van der Waals surface area contributed by atoms with Crippen LogP contribution in [0.15, 0.2) is 12.3 Å². The van der Waals surface area contributed by atoms with Crippen molar-refractivity contribution in [3.63, 3.8) is 0 Å². The number of fused-ring (bicyclic) bond motifs is 37. The van der Waals surface area contributed by atoms with Gasteiger partial charge < -0.3 is 47.4 Å². The van der Waals surface area contributed by atoms with E-state index in [2.05, 4.69) is 62.0 Å². The second kappa shape index (κ2) is 28.5. The molecule has 41 unspecified atom stereocenters. The quantitative estimate of drug-likeness (QED) is 0.146. The Hall–Kier alpha value is -4.25. The van der Waals surface area contributed by atoms with Crippen LogP contribution in [0.2, 0.25) is 0 Å². The van der Waals surface area contributed by atoms with Gasteiger partial charge in [-0.2, -0.15) is 0 Å². The number of hydrogen-bond donors (Lipinski definition) is 0. The first-order valence-corrected chi connectivity index (χ1v) is 45.9. The van der Waals surface area contributed by atoms with Gasteiger partial charge in [-0.25, -0.2) is 0 Å². The van der Waals surface area contributed by atoms with Gasteiger partial charge in [0.15, 0.2) is 0 Å². The van der Waals surface area contributed by atoms with E-state index in [0.717, 1.165) is 189 Å². The van der Waals surface area contributed by atoms with Gasteiger partial charge in [-0.05, 0) is 320 Å². The zero-order valence-electron chi connectivity index (χ0n) is 69.0. The van der Waals surface area contributed by atoms with Crippen LogP contribution in [0.4, 0.5) is 0 Å². The summed E-state index contributed by atoms with van der Waals surface area (Å²) in [4.78, 5) is 81.1. The first-order chi connectivity index (χ1) is 53.3. The summed E-state index contributed by atoms with van der Waals surface area (Å²) < 4.78 is 53.1. The van der Waals surface area contributed by atoms with Gasteiger partial charge in [0.1, 0.15) is 0 Å². The summed E-state index contributed by atoms with van der Waals surface area (Å²) in [6.45, 7) is 31.3. The number of methoxy groups -OCH3 is 1. The minimum atomic E-state index is -0.0255. The Morgan fingerprint density at radius 2 is 0.901 bits per heavy atom. The zero-order valence-corrected chi connectivity index (χ0v) is 69.0. The van der Waals surface area contributed by atoms with Crippen LogP contribution in [-0.2, 0) is 80.9 Å². The van der Waals surface area contributed by atoms with E-state index in [1.807, 2.05) is 6.92 Å². The molecule has 0 aromatic carbocycles. The third-order valence-electron chi connectivity index (χ3n) is 39.4. The number of carbonyl (C=O) groups is 7. The van der Waals surface area contributed by atoms with E-state index in [-0.39, 0.29) is 86.8 Å². The summed E-state index contributed by atoms with van der Waals surface area (Å²) in [5.74, 6) is 26.7. The van der Waals surface area contributed by atoms with Gasteiger partial charge in [0.2, 0.25) is 0 Å². The highest BCUT2D eigenvalue weighted by molar-refractivity contribution is 5.81. The fourth-order valence-corrected chi connectivity index (χ4v) is 35.0. The molecule has 0 radical (unpaired) electrons. The van der Waals surface area contributed by atoms with Gasteiger partial charge in [-0.1, -0.05) is 62.0 Å². The van der Waals surface area contributed by atoms with Crippen LogP contribution in [0.1, 0.15) is 223 Å². The van der Waals surface area contributed by atoms with Gasteiger partial charge in [0.05, 0.1) is 112 Å². The van der Waals surface area contributed by atoms with E-state index in [9.17, 15) is 33.6 Å². The normalized spacial score (nSPS) is 55.3. The first-order valence-electron chi connectivity index (χ1n) is 45.9. The van der Waals surface area contributed by atoms with Crippen LogP contribution in [-0.4, -0.2) is 121 Å². The number of esters is 7. The van der Waals surface area contributed by atoms with E-state index >= 15 is 0 Å². The van der Waals surface area contributed by atoms with Crippen molar-refractivity contribution in [1.82, 2.24) is 0 Å². The van der Waals surface area contributed by atoms with Crippen molar-refractivity contribution in [2.75, 3.05) is 66.6 Å². The Morgan fingerprint density at radius 1 is 0.378 bits per heavy atom. The van der Waals surface area contributed by atoms with Crippen molar-refractivity contribution in [2.45, 2.75) is 235 Å². The molecule has 18 bridgehead atoms. The molecule has 8 heterocycles. The largest absolute Gasteiger partial charge is 0.498 e. The molecule has 18 saturated carbocycles. The molecular weight excluding hydrogens is 1400 g/mol. The van der Waals surface area contributed by atoms with Crippen LogP contribution in [0, 0.1) is 228 Å². The van der Waals surface area contributed by atoms with E-state index in [4.69, 9.17) is 47.4 Å². The van der Waals surface area contributed by atoms with E-state index < -0.39 is 0 Å². The van der Waals surface area contributed by atoms with Gasteiger partial charge >= 0.3 is 41.8 Å². The average molecular weight is 1540 g/mol. The van der Waals surface area contributed by atoms with E-state index in [1.54, 1.807) is 7.11 Å². The molecule has 8 saturated heterocycles. The fraction of sp³-hybridized carbons (Fsp3) is 0.904. The molecule has 0 aromatic rings. The minimum Gasteiger partial charge on any atom is -0.498 e. The first kappa shape index (κ1) is 76.7. The number of hydrogen-bond acceptors (Lipinski definition) is 17. The lowest BCUT2D eigenvalue weighted by Crippen LogP contribution is -2.43. The molecule has 0 N–H and O–H groups in total. The SMILES string of the molecule is C=C1OCC2C3CC(C)C(C3)C12.CC1CC2CC1C1(CCOC1=O)C2.CC1CC2CC1C1(COC(=O)C1)C2.CC1CC2CC1C1C2C2CC1C1(CCOC1=O)C2.CC1CC2CC1CC21CCOC1=O.CC1CC2CC1CC21COC(=O)C1.CCOC1C(C)C2CC1C1C(=O)OCC21.COC1C(C)C2CC1C1C(=O)OCC21. The minimum absolute atomic E-state index is 0.0167. The second-order valence-corrected chi connectivity index (χ2v) is 43.8. The molecule has 26 rings (SSSR count). The summed E-state index contributed by atoms with van der Waals surface area (Å²) in [7, 11) is 1.76. The van der Waals surface area contributed by atoms with Crippen molar-refractivity contribution in [2.24, 2.45) is 228 Å². The Balaban J connectivity index is 0.0000000859. The number of carbonyl (C=O) groups excluding carboxylic acids is 7. The monoisotopic (exact) mass is 1540 g/mol. The number of rotatable bonds is 3. The molecular formula is C94H136O17. The number of ether oxygens (including phenoxy) is 10. The maximum Gasteiger partial charge on any atom is 0.312 e. The van der Waals surface area contributed by atoms with Gasteiger partial charge in [0, 0.05) is 48.2 Å². The highest BCUT2D eigenvalue weighted by Crippen LogP contribution is 2.75. The Morgan fingerprint density at radius 3 is 1.42 bits per heavy atom. The van der Waals surface area contributed by atoms with E-state index in [0.29, 0.717) is 117 Å². The standard InChI is InChI=1S/C16H22O2.C12H18O3.C11H16O3.4C11H16O2.C11H16O/c1-8-4-9-5-11(8)14-12-6-10(13(9)14)7-16(12)2-3-18-15(16)17;1-3-14-11-6(2)7-4-8(11)10-9(7)5-15-12(10)13;1-5-6-3-7(10(5)13-2)9-8(6)4-14-11(9)12;1-7-2-9-3-8(7)4-11(9)5-10(12)13-6-11;1-7-2-8-3-9(7)11(4-8)5-10(12)13-6-11;1-7-4-9-5-8(7)6-11(9)2-3-13-10(11)12;1-7-4-8-5-9(7)11(6-8)2-3-13-10(11)12;1-6-3-8-4-9(6)11-7(2)12-5-10(8)11/h8-14H,2-7H2,1H3;6-11H,3-5H2,1-2H3;5-10H,3-4H2,1-2H3;4*7-9H,2-6H2,1H3;6,8-11H,2-5H2,1H3. The zero-order chi connectivity index (χ0) is 77.0. The van der Waals surface area contributed by atoms with Crippen LogP contribution >= 0.6 is 0 Å². The van der Waals surface area contributed by atoms with Crippen LogP contribution in [0.3, 0.4) is 0 Å². The molecule has 17 nitrogen and oxygen atoms in total. The predicted octanol–water partition coefficient (Wildman–Crippen LogP) is 15.8. The van der Waals surface area contributed by atoms with Crippen LogP contribution < -0.4 is 0 Å². The van der Waals surface area contributed by atoms with Crippen molar-refractivity contribution in [1.29, 1.82) is 0 Å². The fourth-order valence-electron chi connectivity index (χ4n) is 35.0. The topological polar surface area (TPSA) is 212 Å². The molecule has 614 valence electrons. The molecule has 0 amide bonds. The van der Waals surface area contributed by atoms with Crippen LogP contribution in [0.5, 0.6) is 0 Å². The molecule has 26 fully saturated rings. The van der Waals surface area contributed by atoms with Gasteiger partial charge in [-0.3, -0.25) is 33.6 Å². The maximum absolute atomic E-state index is 12.2. The van der Waals surface area contributed by atoms with Gasteiger partial charge in [0.25, 0.3) is 0 Å². The van der Waals surface area contributed by atoms with Crippen molar-refractivity contribution in [3.8, 4) is 0 Å². The highest BCUT2D eigenvalue weighted by atomic mass is 16.6. The Bertz CT molecular complexity index is 3640. The Labute approximate surface area is 661 Å². The van der Waals surface area contributed by atoms with E-state index in [1.165, 1.54) is 116 Å². The summed E-state index contributed by atoms with van der Waals surface area (Å²) in [5, 5.41) is 0. The maximum atomic E-state index is 12.2. The molecule has 0 aromatic heterocycles.